The molecule has 0 aliphatic carbocycles. The highest BCUT2D eigenvalue weighted by Gasteiger charge is 2.18. The minimum atomic E-state index is -0.307. The van der Waals surface area contributed by atoms with Crippen LogP contribution in [0, 0.1) is 11.3 Å². The average molecular weight is 456 g/mol. The summed E-state index contributed by atoms with van der Waals surface area (Å²) in [5.41, 5.74) is 3.28. The SMILES string of the molecule is N#Cc1ccc2c(c1)c(C(=O)NCCc1nnc3ccccn13)nn2Cc1ccc(Cl)cc1. The van der Waals surface area contributed by atoms with E-state index in [0.29, 0.717) is 35.5 Å². The molecular formula is C24H18ClN7O. The molecule has 0 aliphatic rings. The number of amides is 1. The number of carbonyl (C=O) groups excluding carboxylic acids is 1. The number of hydrogen-bond acceptors (Lipinski definition) is 5. The monoisotopic (exact) mass is 455 g/mol. The molecule has 0 saturated heterocycles. The van der Waals surface area contributed by atoms with E-state index in [0.717, 1.165) is 22.6 Å². The number of rotatable bonds is 6. The van der Waals surface area contributed by atoms with E-state index >= 15 is 0 Å². The van der Waals surface area contributed by atoms with Gasteiger partial charge >= 0.3 is 0 Å². The zero-order chi connectivity index (χ0) is 22.8. The molecule has 0 bridgehead atoms. The first-order valence-corrected chi connectivity index (χ1v) is 10.7. The van der Waals surface area contributed by atoms with Crippen molar-refractivity contribution < 1.29 is 4.79 Å². The van der Waals surface area contributed by atoms with Gasteiger partial charge in [0.25, 0.3) is 5.91 Å². The van der Waals surface area contributed by atoms with Crippen molar-refractivity contribution in [2.24, 2.45) is 0 Å². The molecule has 0 spiro atoms. The first kappa shape index (κ1) is 20.7. The summed E-state index contributed by atoms with van der Waals surface area (Å²) in [5, 5.41) is 26.4. The fourth-order valence-corrected chi connectivity index (χ4v) is 3.86. The smallest absolute Gasteiger partial charge is 0.272 e. The third-order valence-electron chi connectivity index (χ3n) is 5.36. The highest BCUT2D eigenvalue weighted by atomic mass is 35.5. The van der Waals surface area contributed by atoms with Gasteiger partial charge in [0.15, 0.2) is 11.3 Å². The van der Waals surface area contributed by atoms with E-state index in [-0.39, 0.29) is 11.6 Å². The molecule has 0 fully saturated rings. The number of fused-ring (bicyclic) bond motifs is 2. The first-order chi connectivity index (χ1) is 16.1. The average Bonchev–Trinajstić information content (AvgIpc) is 3.42. The summed E-state index contributed by atoms with van der Waals surface area (Å²) in [6.45, 7) is 0.844. The Hall–Kier alpha value is -4.22. The highest BCUT2D eigenvalue weighted by Crippen LogP contribution is 2.22. The molecule has 33 heavy (non-hydrogen) atoms. The Morgan fingerprint density at radius 2 is 1.94 bits per heavy atom. The van der Waals surface area contributed by atoms with Gasteiger partial charge in [-0.1, -0.05) is 29.8 Å². The second-order valence-corrected chi connectivity index (χ2v) is 7.96. The second-order valence-electron chi connectivity index (χ2n) is 7.53. The van der Waals surface area contributed by atoms with Gasteiger partial charge in [-0.05, 0) is 48.0 Å². The van der Waals surface area contributed by atoms with Crippen LogP contribution in [-0.4, -0.2) is 36.8 Å². The summed E-state index contributed by atoms with van der Waals surface area (Å²) in [4.78, 5) is 13.0. The summed E-state index contributed by atoms with van der Waals surface area (Å²) in [7, 11) is 0. The Bertz CT molecular complexity index is 1510. The zero-order valence-electron chi connectivity index (χ0n) is 17.4. The molecule has 0 unspecified atom stereocenters. The van der Waals surface area contributed by atoms with Gasteiger partial charge < -0.3 is 5.32 Å². The standard InChI is InChI=1S/C24H18ClN7O/c25-18-7-4-16(5-8-18)15-32-20-9-6-17(14-26)13-19(20)23(30-32)24(33)27-11-10-22-29-28-21-3-1-2-12-31(21)22/h1-9,12-13H,10-11,15H2,(H,27,33). The largest absolute Gasteiger partial charge is 0.350 e. The number of nitrogens with zero attached hydrogens (tertiary/aromatic N) is 6. The third kappa shape index (κ3) is 4.14. The van der Waals surface area contributed by atoms with Crippen LogP contribution in [-0.2, 0) is 13.0 Å². The van der Waals surface area contributed by atoms with E-state index < -0.39 is 0 Å². The van der Waals surface area contributed by atoms with Crippen LogP contribution in [0.25, 0.3) is 16.6 Å². The number of halogens is 1. The summed E-state index contributed by atoms with van der Waals surface area (Å²) in [6, 6.07) is 20.5. The van der Waals surface area contributed by atoms with Crippen molar-refractivity contribution in [3.05, 3.63) is 94.5 Å². The summed E-state index contributed by atoms with van der Waals surface area (Å²) in [6.07, 6.45) is 2.41. The van der Waals surface area contributed by atoms with Crippen molar-refractivity contribution in [1.82, 2.24) is 29.7 Å². The number of hydrogen-bond donors (Lipinski definition) is 1. The summed E-state index contributed by atoms with van der Waals surface area (Å²) < 4.78 is 3.66. The fourth-order valence-electron chi connectivity index (χ4n) is 3.73. The number of pyridine rings is 1. The van der Waals surface area contributed by atoms with E-state index in [1.807, 2.05) is 59.1 Å². The van der Waals surface area contributed by atoms with Gasteiger partial charge in [0, 0.05) is 29.6 Å². The molecule has 0 atom stereocenters. The van der Waals surface area contributed by atoms with Gasteiger partial charge in [-0.25, -0.2) is 0 Å². The Labute approximate surface area is 194 Å². The zero-order valence-corrected chi connectivity index (χ0v) is 18.2. The number of nitrogens with one attached hydrogen (secondary N) is 1. The maximum atomic E-state index is 13.0. The van der Waals surface area contributed by atoms with Crippen LogP contribution in [0.15, 0.2) is 66.9 Å². The third-order valence-corrected chi connectivity index (χ3v) is 5.61. The Kier molecular flexibility index (Phi) is 5.47. The molecule has 1 N–H and O–H groups in total. The van der Waals surface area contributed by atoms with Crippen LogP contribution in [0.3, 0.4) is 0 Å². The van der Waals surface area contributed by atoms with Crippen molar-refractivity contribution >= 4 is 34.1 Å². The van der Waals surface area contributed by atoms with E-state index in [9.17, 15) is 10.1 Å². The van der Waals surface area contributed by atoms with Crippen molar-refractivity contribution in [3.63, 3.8) is 0 Å². The fraction of sp³-hybridized carbons (Fsp3) is 0.125. The van der Waals surface area contributed by atoms with E-state index in [1.54, 1.807) is 16.8 Å². The minimum Gasteiger partial charge on any atom is -0.350 e. The molecule has 162 valence electrons. The molecule has 0 aliphatic heterocycles. The molecule has 1 amide bonds. The van der Waals surface area contributed by atoms with Gasteiger partial charge in [0.05, 0.1) is 23.7 Å². The van der Waals surface area contributed by atoms with E-state index in [4.69, 9.17) is 11.6 Å². The minimum absolute atomic E-state index is 0.280. The number of nitriles is 1. The van der Waals surface area contributed by atoms with E-state index in [2.05, 4.69) is 26.7 Å². The predicted molar refractivity (Wildman–Crippen MR) is 124 cm³/mol. The highest BCUT2D eigenvalue weighted by molar-refractivity contribution is 6.30. The molecule has 5 aromatic rings. The molecule has 0 saturated carbocycles. The van der Waals surface area contributed by atoms with Crippen LogP contribution in [0.4, 0.5) is 0 Å². The molecule has 3 heterocycles. The molecule has 2 aromatic carbocycles. The number of carbonyl (C=O) groups is 1. The van der Waals surface area contributed by atoms with Gasteiger partial charge in [-0.3, -0.25) is 13.9 Å². The van der Waals surface area contributed by atoms with Crippen molar-refractivity contribution in [1.29, 1.82) is 5.26 Å². The molecular weight excluding hydrogens is 438 g/mol. The van der Waals surface area contributed by atoms with Gasteiger partial charge in [-0.15, -0.1) is 10.2 Å². The maximum Gasteiger partial charge on any atom is 0.272 e. The Morgan fingerprint density at radius 1 is 1.09 bits per heavy atom. The van der Waals surface area contributed by atoms with Gasteiger partial charge in [0.1, 0.15) is 5.82 Å². The molecule has 3 aromatic heterocycles. The molecule has 5 rings (SSSR count). The van der Waals surface area contributed by atoms with Crippen LogP contribution < -0.4 is 5.32 Å². The Balaban J connectivity index is 1.39. The molecule has 9 heteroatoms. The topological polar surface area (TPSA) is 101 Å². The lowest BCUT2D eigenvalue weighted by Crippen LogP contribution is -2.27. The van der Waals surface area contributed by atoms with Crippen molar-refractivity contribution in [2.45, 2.75) is 13.0 Å². The van der Waals surface area contributed by atoms with Crippen LogP contribution in [0.2, 0.25) is 5.02 Å². The Morgan fingerprint density at radius 3 is 2.76 bits per heavy atom. The lowest BCUT2D eigenvalue weighted by atomic mass is 10.1. The lowest BCUT2D eigenvalue weighted by Gasteiger charge is -2.04. The number of aromatic nitrogens is 5. The van der Waals surface area contributed by atoms with Crippen LogP contribution in [0.1, 0.15) is 27.4 Å². The quantitative estimate of drug-likeness (QED) is 0.421. The summed E-state index contributed by atoms with van der Waals surface area (Å²) in [5.74, 6) is 0.453. The second kappa shape index (κ2) is 8.73. The maximum absolute atomic E-state index is 13.0. The first-order valence-electron chi connectivity index (χ1n) is 10.3. The lowest BCUT2D eigenvalue weighted by molar-refractivity contribution is 0.0949. The van der Waals surface area contributed by atoms with Crippen LogP contribution >= 0.6 is 11.6 Å². The number of benzene rings is 2. The normalized spacial score (nSPS) is 11.0. The molecule has 8 nitrogen and oxygen atoms in total. The predicted octanol–water partition coefficient (Wildman–Crippen LogP) is 3.62. The summed E-state index contributed by atoms with van der Waals surface area (Å²) >= 11 is 5.99. The van der Waals surface area contributed by atoms with Gasteiger partial charge in [0.2, 0.25) is 0 Å². The van der Waals surface area contributed by atoms with Gasteiger partial charge in [-0.2, -0.15) is 10.4 Å². The van der Waals surface area contributed by atoms with E-state index in [1.165, 1.54) is 0 Å². The van der Waals surface area contributed by atoms with Crippen molar-refractivity contribution in [3.8, 4) is 6.07 Å². The molecule has 0 radical (unpaired) electrons. The van der Waals surface area contributed by atoms with Crippen molar-refractivity contribution in [2.75, 3.05) is 6.54 Å². The van der Waals surface area contributed by atoms with Crippen LogP contribution in [0.5, 0.6) is 0 Å².